The number of hydrogen-bond acceptors (Lipinski definition) is 17. The molecule has 23 nitrogen and oxygen atoms in total. The van der Waals surface area contributed by atoms with E-state index >= 15 is 0 Å². The Kier molecular flexibility index (Phi) is 28.4. The monoisotopic (exact) mass is 2010 g/mol. The maximum absolute atomic E-state index is 14.2. The molecular formula is C105H95F11N8O15S3. The number of aliphatic hydroxyl groups excluding tert-OH is 5. The molecule has 3 aromatic heterocycles. The number of rotatable bonds is 15. The molecular weight excluding hydrogens is 1920 g/mol. The van der Waals surface area contributed by atoms with Crippen molar-refractivity contribution < 1.29 is 118 Å². The first-order valence-electron chi connectivity index (χ1n) is 45.9. The van der Waals surface area contributed by atoms with Crippen LogP contribution in [-0.2, 0) is 30.1 Å². The van der Waals surface area contributed by atoms with Crippen molar-refractivity contribution in [3.63, 3.8) is 0 Å². The number of alkyl halides is 6. The molecule has 12 atom stereocenters. The van der Waals surface area contributed by atoms with E-state index in [0.29, 0.717) is 103 Å². The highest BCUT2D eigenvalue weighted by Crippen LogP contribution is 2.51. The van der Waals surface area contributed by atoms with Gasteiger partial charge in [0.25, 0.3) is 0 Å². The Morgan fingerprint density at radius 2 is 0.648 bits per heavy atom. The summed E-state index contributed by atoms with van der Waals surface area (Å²) in [6.07, 6.45) is -7.58. The summed E-state index contributed by atoms with van der Waals surface area (Å²) in [5, 5.41) is 62.8. The van der Waals surface area contributed by atoms with Gasteiger partial charge < -0.3 is 68.4 Å². The fourth-order valence-electron chi connectivity index (χ4n) is 20.0. The number of aryl methyl sites for hydroxylation is 1. The molecule has 4 fully saturated rings. The van der Waals surface area contributed by atoms with Crippen LogP contribution in [-0.4, -0.2) is 132 Å². The minimum absolute atomic E-state index is 0.177. The molecule has 2 unspecified atom stereocenters. The Balaban J connectivity index is 0.000000120. The predicted molar refractivity (Wildman–Crippen MR) is 516 cm³/mol. The van der Waals surface area contributed by atoms with Gasteiger partial charge in [-0.1, -0.05) is 96.6 Å². The van der Waals surface area contributed by atoms with Crippen LogP contribution in [0.1, 0.15) is 101 Å². The van der Waals surface area contributed by atoms with Gasteiger partial charge in [-0.15, -0.1) is 26.3 Å². The lowest BCUT2D eigenvalue weighted by Gasteiger charge is -2.43. The highest BCUT2D eigenvalue weighted by atomic mass is 32.2. The largest absolute Gasteiger partial charge is 0.573 e. The summed E-state index contributed by atoms with van der Waals surface area (Å²) in [5.74, 6) is -0.284. The van der Waals surface area contributed by atoms with E-state index in [2.05, 4.69) is 29.0 Å². The highest BCUT2D eigenvalue weighted by Gasteiger charge is 2.44. The summed E-state index contributed by atoms with van der Waals surface area (Å²) in [4.78, 5) is 1.57. The van der Waals surface area contributed by atoms with Gasteiger partial charge in [0.05, 0.1) is 121 Å². The summed E-state index contributed by atoms with van der Waals surface area (Å²) in [5.41, 5.74) is 8.26. The van der Waals surface area contributed by atoms with Crippen molar-refractivity contribution in [2.24, 2.45) is 0 Å². The van der Waals surface area contributed by atoms with Gasteiger partial charge in [-0.2, -0.15) is 0 Å². The molecule has 2 aliphatic heterocycles. The van der Waals surface area contributed by atoms with Gasteiger partial charge in [0.2, 0.25) is 30.1 Å². The van der Waals surface area contributed by atoms with Gasteiger partial charge >= 0.3 is 12.7 Å². The zero-order valence-electron chi connectivity index (χ0n) is 75.5. The molecule has 22 rings (SSSR count). The van der Waals surface area contributed by atoms with Gasteiger partial charge in [-0.05, 0) is 266 Å². The highest BCUT2D eigenvalue weighted by molar-refractivity contribution is 7.90. The van der Waals surface area contributed by atoms with E-state index < -0.39 is 127 Å². The lowest BCUT2D eigenvalue weighted by atomic mass is 9.88. The van der Waals surface area contributed by atoms with E-state index in [1.807, 2.05) is 147 Å². The average molecular weight is 2010 g/mol. The fraction of sp³-hybridized carbons (Fsp3) is 0.257. The molecule has 740 valence electrons. The molecule has 9 N–H and O–H groups in total. The van der Waals surface area contributed by atoms with Gasteiger partial charge in [0, 0.05) is 61.0 Å². The van der Waals surface area contributed by atoms with Crippen molar-refractivity contribution in [3.05, 3.63) is 320 Å². The van der Waals surface area contributed by atoms with Crippen molar-refractivity contribution >= 4 is 118 Å². The van der Waals surface area contributed by atoms with Crippen LogP contribution in [0, 0.1) is 36.0 Å². The molecule has 6 aliphatic rings. The zero-order chi connectivity index (χ0) is 100. The number of fused-ring (bicyclic) bond motifs is 13. The number of benzene rings is 13. The maximum atomic E-state index is 14.2. The number of para-hydroxylation sites is 7. The smallest absolute Gasteiger partial charge is 0.453 e. The molecule has 0 amide bonds. The van der Waals surface area contributed by atoms with Gasteiger partial charge in [-0.25, -0.2) is 61.4 Å². The molecule has 5 heterocycles. The van der Waals surface area contributed by atoms with E-state index in [-0.39, 0.29) is 44.2 Å². The number of ether oxygens (including phenoxy) is 4. The lowest BCUT2D eigenvalue weighted by molar-refractivity contribution is -0.275. The van der Waals surface area contributed by atoms with Crippen LogP contribution < -0.4 is 43.3 Å². The van der Waals surface area contributed by atoms with Crippen molar-refractivity contribution in [3.8, 4) is 34.5 Å². The number of nitrogens with zero attached hydrogens (tertiary/aromatic N) is 4. The van der Waals surface area contributed by atoms with Crippen molar-refractivity contribution in [2.75, 3.05) is 10.2 Å². The third-order valence-electron chi connectivity index (χ3n) is 26.4. The molecule has 4 saturated carbocycles. The number of halogens is 11. The number of sulfonamides is 3. The van der Waals surface area contributed by atoms with Crippen molar-refractivity contribution in [1.29, 1.82) is 0 Å². The minimum atomic E-state index is -4.89. The maximum Gasteiger partial charge on any atom is 0.573 e. The second-order valence-electron chi connectivity index (χ2n) is 35.6. The van der Waals surface area contributed by atoms with E-state index in [9.17, 15) is 99.1 Å². The van der Waals surface area contributed by atoms with Gasteiger partial charge in [0.15, 0.2) is 23.0 Å². The molecule has 0 saturated heterocycles. The quantitative estimate of drug-likeness (QED) is 0.0431. The second kappa shape index (κ2) is 40.7. The Morgan fingerprint density at radius 1 is 0.324 bits per heavy atom. The van der Waals surface area contributed by atoms with Gasteiger partial charge in [0.1, 0.15) is 46.7 Å². The first-order valence-corrected chi connectivity index (χ1v) is 50.3. The summed E-state index contributed by atoms with van der Waals surface area (Å²) >= 11 is 0. The number of aliphatic hydroxyl groups is 5. The first kappa shape index (κ1) is 99.0. The van der Waals surface area contributed by atoms with Crippen LogP contribution in [0.4, 0.5) is 71.0 Å². The normalized spacial score (nSPS) is 21.2. The Hall–Kier alpha value is -13.2. The zero-order valence-corrected chi connectivity index (χ0v) is 78.0. The van der Waals surface area contributed by atoms with E-state index in [1.54, 1.807) is 54.6 Å². The van der Waals surface area contributed by atoms with Crippen LogP contribution in [0.15, 0.2) is 300 Å². The summed E-state index contributed by atoms with van der Waals surface area (Å²) in [6, 6.07) is 70.5. The summed E-state index contributed by atoms with van der Waals surface area (Å²) < 4.78 is 254. The minimum Gasteiger partial charge on any atom is -0.453 e. The molecule has 37 heteroatoms. The number of anilines is 4. The standard InChI is InChI=1S/2C25H22F4N2O4S.C25H25FN2O3S.C18H18FNO3.C12H8FNO/c2*26-15-8-13-19-18-4-1-2-6-21(18)31(23(19)14-15)22-7-3-5-20(24(22)32)30-36(33,34)17-11-9-16(10-12-17)35-25(27,28)29;1-16-9-12-18(13-10-16)32(30,31)27-21-6-4-8-23(25(21)29)28-22-7-3-2-5-19(22)20-14-11-17(26)15-24(20)28;19-11-8-9-17-14(10-11)20(12-4-1-2-7-16(12)23-17)13-5-3-6-15(21)18(13)22;13-8-5-6-12-10(7-8)14-9-3-1-2-4-11(9)15-12/h2*1-2,4,6,8-14,20,22,24,30,32H,3,5,7H2;2-3,5,7,9-15,21,23,25,27,29H,4,6,8H2,1H3;1-2,4,7-10,13,15,18,21-22H,3,5-6H2;1-7,14H/t20-,22?,24+;20-,22+,24+;21-,23+,25+;13?,15-,18+;/m1010./s1. The van der Waals surface area contributed by atoms with Crippen LogP contribution in [0.3, 0.4) is 0 Å². The SMILES string of the molecule is Cc1ccc(S(=O)(=O)N[C@@H]2CCC[C@H](n3c4ccccc4c4ccc(F)cc43)[C@H]2O)cc1.Fc1ccc2c(c1)Nc1ccccc1O2.O=S(=O)(N[C@@H]1CCCC(n2c3ccccc3c3ccc(F)cc32)[C@H]1O)c1ccc(OC(F)(F)F)cc1.O=S(=O)(N[C@H]1CCC[C@@H](n2c3ccccc3c3ccc(F)cc32)[C@@H]1O)c1ccc(OC(F)(F)F)cc1.O[C@@H]1C(N2c3ccccc3Oc3ccc(F)cc32)CCC[C@@H]1O. The molecule has 4 aliphatic carbocycles. The molecule has 0 radical (unpaired) electrons. The molecule has 16 aromatic rings. The lowest BCUT2D eigenvalue weighted by Crippen LogP contribution is -2.50. The molecule has 13 aromatic carbocycles. The fourth-order valence-corrected chi connectivity index (χ4v) is 23.9. The predicted octanol–water partition coefficient (Wildman–Crippen LogP) is 22.2. The number of hydrogen-bond donors (Lipinski definition) is 9. The molecule has 0 bridgehead atoms. The Morgan fingerprint density at radius 3 is 1.08 bits per heavy atom. The first-order chi connectivity index (χ1) is 67.9. The Labute approximate surface area is 808 Å². The van der Waals surface area contributed by atoms with Crippen LogP contribution >= 0.6 is 0 Å². The molecule has 142 heavy (non-hydrogen) atoms. The van der Waals surface area contributed by atoms with Crippen LogP contribution in [0.25, 0.3) is 65.4 Å². The van der Waals surface area contributed by atoms with E-state index in [4.69, 9.17) is 9.47 Å². The second-order valence-corrected chi connectivity index (χ2v) is 40.8. The van der Waals surface area contributed by atoms with E-state index in [1.165, 1.54) is 60.7 Å². The number of nitrogens with one attached hydrogen (secondary N) is 4. The summed E-state index contributed by atoms with van der Waals surface area (Å²) in [7, 11) is -12.1. The Bertz CT molecular complexity index is 7490. The topological polar surface area (TPSA) is 307 Å². The molecule has 0 spiro atoms. The van der Waals surface area contributed by atoms with Gasteiger partial charge in [-0.3, -0.25) is 0 Å². The third kappa shape index (κ3) is 21.2. The van der Waals surface area contributed by atoms with Crippen LogP contribution in [0.5, 0.6) is 34.5 Å². The third-order valence-corrected chi connectivity index (χ3v) is 30.9. The van der Waals surface area contributed by atoms with E-state index in [0.717, 1.165) is 139 Å². The van der Waals surface area contributed by atoms with Crippen molar-refractivity contribution in [2.45, 2.75) is 184 Å². The average Bonchev–Trinajstić information content (AvgIpc) is 1.69. The summed E-state index contributed by atoms with van der Waals surface area (Å²) in [6.45, 7) is 1.90. The van der Waals surface area contributed by atoms with Crippen LogP contribution in [0.2, 0.25) is 0 Å². The number of aromatic nitrogens is 3. The van der Waals surface area contributed by atoms with Crippen molar-refractivity contribution in [1.82, 2.24) is 27.9 Å².